The molecule has 3 N–H and O–H groups in total. The Hall–Kier alpha value is -4.08. The quantitative estimate of drug-likeness (QED) is 0.360. The van der Waals surface area contributed by atoms with E-state index in [2.05, 4.69) is 25.9 Å². The smallest absolute Gasteiger partial charge is 0.416 e. The Labute approximate surface area is 180 Å². The number of benzene rings is 2. The molecule has 0 saturated heterocycles. The molecule has 0 unspecified atom stereocenters. The van der Waals surface area contributed by atoms with Gasteiger partial charge in [0.25, 0.3) is 0 Å². The highest BCUT2D eigenvalue weighted by Crippen LogP contribution is 2.29. The average Bonchev–Trinajstić information content (AvgIpc) is 3.31. The standard InChI is InChI=1S/C22H18F3N5O2/c23-22(24,25)14-7-9-15(10-8-14)28-21(31)27-12-11-26-19-16-4-1-2-5-17(16)29-20(30-19)18-6-3-13-32-18/h1-10,13H,11-12H2,(H,26,29,30)(H2,27,28,31). The van der Waals surface area contributed by atoms with Crippen molar-refractivity contribution >= 4 is 28.4 Å². The van der Waals surface area contributed by atoms with Gasteiger partial charge in [0.1, 0.15) is 5.82 Å². The topological polar surface area (TPSA) is 92.1 Å². The lowest BCUT2D eigenvalue weighted by Crippen LogP contribution is -2.32. The molecule has 0 bridgehead atoms. The predicted octanol–water partition coefficient (Wildman–Crippen LogP) is 5.14. The normalized spacial score (nSPS) is 11.3. The van der Waals surface area contributed by atoms with Crippen molar-refractivity contribution in [3.8, 4) is 11.6 Å². The summed E-state index contributed by atoms with van der Waals surface area (Å²) in [6.07, 6.45) is -2.88. The molecule has 0 aliphatic rings. The summed E-state index contributed by atoms with van der Waals surface area (Å²) in [5.74, 6) is 1.56. The number of fused-ring (bicyclic) bond motifs is 1. The molecule has 0 spiro atoms. The van der Waals surface area contributed by atoms with Gasteiger partial charge >= 0.3 is 12.2 Å². The number of carbonyl (C=O) groups excluding carboxylic acids is 1. The highest BCUT2D eigenvalue weighted by Gasteiger charge is 2.29. The van der Waals surface area contributed by atoms with Crippen LogP contribution in [0.15, 0.2) is 71.3 Å². The zero-order valence-corrected chi connectivity index (χ0v) is 16.6. The lowest BCUT2D eigenvalue weighted by atomic mass is 10.2. The third-order valence-electron chi connectivity index (χ3n) is 4.52. The van der Waals surface area contributed by atoms with E-state index >= 15 is 0 Å². The van der Waals surface area contributed by atoms with Gasteiger partial charge in [-0.15, -0.1) is 0 Å². The summed E-state index contributed by atoms with van der Waals surface area (Å²) in [7, 11) is 0. The Morgan fingerprint density at radius 1 is 0.938 bits per heavy atom. The lowest BCUT2D eigenvalue weighted by Gasteiger charge is -2.12. The number of amides is 2. The Morgan fingerprint density at radius 2 is 1.72 bits per heavy atom. The molecule has 32 heavy (non-hydrogen) atoms. The first kappa shape index (κ1) is 21.2. The fourth-order valence-electron chi connectivity index (χ4n) is 3.00. The summed E-state index contributed by atoms with van der Waals surface area (Å²) in [4.78, 5) is 21.0. The van der Waals surface area contributed by atoms with Crippen molar-refractivity contribution in [1.82, 2.24) is 15.3 Å². The van der Waals surface area contributed by atoms with Crippen molar-refractivity contribution in [3.63, 3.8) is 0 Å². The first-order chi connectivity index (χ1) is 15.4. The molecule has 0 fully saturated rings. The number of nitrogens with zero attached hydrogens (tertiary/aromatic N) is 2. The molecule has 2 aromatic heterocycles. The molecule has 0 radical (unpaired) electrons. The molecule has 0 aliphatic heterocycles. The second-order valence-corrected chi connectivity index (χ2v) is 6.77. The molecule has 4 rings (SSSR count). The molecule has 2 aromatic carbocycles. The third kappa shape index (κ3) is 4.97. The van der Waals surface area contributed by atoms with E-state index in [1.807, 2.05) is 24.3 Å². The molecule has 0 saturated carbocycles. The predicted molar refractivity (Wildman–Crippen MR) is 114 cm³/mol. The van der Waals surface area contributed by atoms with Crippen LogP contribution in [-0.2, 0) is 6.18 Å². The highest BCUT2D eigenvalue weighted by atomic mass is 19.4. The van der Waals surface area contributed by atoms with E-state index in [4.69, 9.17) is 4.42 Å². The van der Waals surface area contributed by atoms with Crippen LogP contribution in [0.2, 0.25) is 0 Å². The van der Waals surface area contributed by atoms with Crippen LogP contribution in [0.5, 0.6) is 0 Å². The maximum absolute atomic E-state index is 12.6. The summed E-state index contributed by atoms with van der Waals surface area (Å²) >= 11 is 0. The van der Waals surface area contributed by atoms with E-state index in [-0.39, 0.29) is 12.2 Å². The van der Waals surface area contributed by atoms with E-state index in [1.165, 1.54) is 12.1 Å². The number of hydrogen-bond donors (Lipinski definition) is 3. The van der Waals surface area contributed by atoms with Crippen molar-refractivity contribution < 1.29 is 22.4 Å². The van der Waals surface area contributed by atoms with E-state index in [9.17, 15) is 18.0 Å². The van der Waals surface area contributed by atoms with Gasteiger partial charge in [0.2, 0.25) is 0 Å². The number of halogens is 3. The molecule has 2 amide bonds. The molecule has 0 atom stereocenters. The first-order valence-electron chi connectivity index (χ1n) is 9.67. The van der Waals surface area contributed by atoms with Crippen molar-refractivity contribution in [2.24, 2.45) is 0 Å². The number of furan rings is 1. The molecule has 7 nitrogen and oxygen atoms in total. The van der Waals surface area contributed by atoms with Crippen LogP contribution in [0.4, 0.5) is 29.5 Å². The van der Waals surface area contributed by atoms with E-state index in [0.717, 1.165) is 23.0 Å². The van der Waals surface area contributed by atoms with Gasteiger partial charge < -0.3 is 20.4 Å². The van der Waals surface area contributed by atoms with Crippen molar-refractivity contribution in [2.45, 2.75) is 6.18 Å². The minimum Gasteiger partial charge on any atom is -0.461 e. The van der Waals surface area contributed by atoms with Crippen LogP contribution >= 0.6 is 0 Å². The summed E-state index contributed by atoms with van der Waals surface area (Å²) in [5.41, 5.74) is 0.219. The van der Waals surface area contributed by atoms with Gasteiger partial charge in [-0.2, -0.15) is 13.2 Å². The van der Waals surface area contributed by atoms with Crippen molar-refractivity contribution in [2.75, 3.05) is 23.7 Å². The van der Waals surface area contributed by atoms with Crippen LogP contribution in [-0.4, -0.2) is 29.1 Å². The van der Waals surface area contributed by atoms with Crippen molar-refractivity contribution in [3.05, 3.63) is 72.5 Å². The summed E-state index contributed by atoms with van der Waals surface area (Å²) in [6, 6.07) is 14.7. The minimum absolute atomic E-state index is 0.251. The first-order valence-corrected chi connectivity index (χ1v) is 9.67. The van der Waals surface area contributed by atoms with Crippen LogP contribution in [0.25, 0.3) is 22.5 Å². The SMILES string of the molecule is O=C(NCCNc1nc(-c2ccco2)nc2ccccc12)Nc1ccc(C(F)(F)F)cc1. The Morgan fingerprint density at radius 3 is 2.44 bits per heavy atom. The second kappa shape index (κ2) is 8.96. The van der Waals surface area contributed by atoms with Crippen LogP contribution in [0, 0.1) is 0 Å². The molecular formula is C22H18F3N5O2. The number of hydrogen-bond acceptors (Lipinski definition) is 5. The Kier molecular flexibility index (Phi) is 5.93. The maximum Gasteiger partial charge on any atom is 0.416 e. The van der Waals surface area contributed by atoms with Crippen LogP contribution < -0.4 is 16.0 Å². The largest absolute Gasteiger partial charge is 0.461 e. The van der Waals surface area contributed by atoms with Gasteiger partial charge in [-0.1, -0.05) is 12.1 Å². The molecular weight excluding hydrogens is 423 g/mol. The number of rotatable bonds is 6. The third-order valence-corrected chi connectivity index (χ3v) is 4.52. The number of nitrogens with one attached hydrogen (secondary N) is 3. The molecule has 4 aromatic rings. The number of carbonyl (C=O) groups is 1. The zero-order valence-electron chi connectivity index (χ0n) is 16.6. The summed E-state index contributed by atoms with van der Waals surface area (Å²) in [6.45, 7) is 0.611. The van der Waals surface area contributed by atoms with Gasteiger partial charge in [-0.3, -0.25) is 0 Å². The van der Waals surface area contributed by atoms with Gasteiger partial charge in [0, 0.05) is 24.2 Å². The summed E-state index contributed by atoms with van der Waals surface area (Å²) < 4.78 is 43.2. The van der Waals surface area contributed by atoms with Gasteiger partial charge in [0.05, 0.1) is 17.3 Å². The number of anilines is 2. The Balaban J connectivity index is 1.35. The maximum atomic E-state index is 12.6. The second-order valence-electron chi connectivity index (χ2n) is 6.77. The van der Waals surface area contributed by atoms with Gasteiger partial charge in [-0.05, 0) is 48.5 Å². The molecule has 0 aliphatic carbocycles. The lowest BCUT2D eigenvalue weighted by molar-refractivity contribution is -0.137. The van der Waals surface area contributed by atoms with Crippen molar-refractivity contribution in [1.29, 1.82) is 0 Å². The zero-order chi connectivity index (χ0) is 22.6. The minimum atomic E-state index is -4.42. The summed E-state index contributed by atoms with van der Waals surface area (Å²) in [5, 5.41) is 9.12. The van der Waals surface area contributed by atoms with E-state index < -0.39 is 17.8 Å². The number of aromatic nitrogens is 2. The fraction of sp³-hybridized carbons (Fsp3) is 0.136. The fourth-order valence-corrected chi connectivity index (χ4v) is 3.00. The number of para-hydroxylation sites is 1. The number of alkyl halides is 3. The number of urea groups is 1. The van der Waals surface area contributed by atoms with Crippen LogP contribution in [0.1, 0.15) is 5.56 Å². The Bertz CT molecular complexity index is 1210. The van der Waals surface area contributed by atoms with Gasteiger partial charge in [0.15, 0.2) is 11.6 Å². The van der Waals surface area contributed by atoms with E-state index in [0.29, 0.717) is 23.9 Å². The monoisotopic (exact) mass is 441 g/mol. The molecule has 10 heteroatoms. The van der Waals surface area contributed by atoms with Gasteiger partial charge in [-0.25, -0.2) is 14.8 Å². The molecule has 164 valence electrons. The van der Waals surface area contributed by atoms with Crippen LogP contribution in [0.3, 0.4) is 0 Å². The highest BCUT2D eigenvalue weighted by molar-refractivity contribution is 5.91. The van der Waals surface area contributed by atoms with E-state index in [1.54, 1.807) is 18.4 Å². The average molecular weight is 441 g/mol. The molecule has 2 heterocycles.